The zero-order chi connectivity index (χ0) is 12.4. The molecule has 2 heterocycles. The van der Waals surface area contributed by atoms with Crippen LogP contribution in [-0.4, -0.2) is 19.6 Å². The normalized spacial score (nSPS) is 11.1. The molecular formula is C12H17ClN4. The van der Waals surface area contributed by atoms with Crippen molar-refractivity contribution in [1.29, 1.82) is 0 Å². The summed E-state index contributed by atoms with van der Waals surface area (Å²) < 4.78 is 3.85. The number of alkyl halides is 1. The second-order valence-electron chi connectivity index (χ2n) is 4.28. The lowest BCUT2D eigenvalue weighted by molar-refractivity contribution is 0.593. The Labute approximate surface area is 106 Å². The Morgan fingerprint density at radius 2 is 2.12 bits per heavy atom. The highest BCUT2D eigenvalue weighted by Crippen LogP contribution is 2.15. The Kier molecular flexibility index (Phi) is 3.52. The predicted octanol–water partition coefficient (Wildman–Crippen LogP) is 2.21. The Hall–Kier alpha value is -1.29. The highest BCUT2D eigenvalue weighted by molar-refractivity contribution is 6.17. The summed E-state index contributed by atoms with van der Waals surface area (Å²) >= 11 is 5.90. The average Bonchev–Trinajstić information content (AvgIpc) is 2.81. The summed E-state index contributed by atoms with van der Waals surface area (Å²) in [6.45, 7) is 4.95. The van der Waals surface area contributed by atoms with Crippen molar-refractivity contribution < 1.29 is 0 Å². The highest BCUT2D eigenvalue weighted by atomic mass is 35.5. The minimum atomic E-state index is 0.532. The SMILES string of the molecule is Cc1nn(CCc2cnn(C)c2)c(C)c1CCl. The van der Waals surface area contributed by atoms with Crippen molar-refractivity contribution in [2.24, 2.45) is 7.05 Å². The summed E-state index contributed by atoms with van der Waals surface area (Å²) in [7, 11) is 1.93. The van der Waals surface area contributed by atoms with Crippen LogP contribution in [0, 0.1) is 13.8 Å². The molecule has 2 aromatic rings. The summed E-state index contributed by atoms with van der Waals surface area (Å²) in [5, 5.41) is 8.66. The largest absolute Gasteiger partial charge is 0.276 e. The Bertz CT molecular complexity index is 513. The molecule has 0 spiro atoms. The highest BCUT2D eigenvalue weighted by Gasteiger charge is 2.10. The molecule has 0 saturated heterocycles. The molecule has 2 aromatic heterocycles. The van der Waals surface area contributed by atoms with Crippen LogP contribution in [0.1, 0.15) is 22.5 Å². The molecule has 0 aromatic carbocycles. The molecule has 5 heteroatoms. The molecule has 0 radical (unpaired) electrons. The van der Waals surface area contributed by atoms with Crippen LogP contribution >= 0.6 is 11.6 Å². The first-order chi connectivity index (χ1) is 8.11. The van der Waals surface area contributed by atoms with E-state index >= 15 is 0 Å². The Morgan fingerprint density at radius 3 is 2.65 bits per heavy atom. The summed E-state index contributed by atoms with van der Waals surface area (Å²) in [5.41, 5.74) is 4.58. The molecule has 0 aliphatic heterocycles. The van der Waals surface area contributed by atoms with Gasteiger partial charge in [0.2, 0.25) is 0 Å². The van der Waals surface area contributed by atoms with E-state index in [4.69, 9.17) is 11.6 Å². The van der Waals surface area contributed by atoms with Crippen LogP contribution in [-0.2, 0) is 25.9 Å². The summed E-state index contributed by atoms with van der Waals surface area (Å²) in [6, 6.07) is 0. The van der Waals surface area contributed by atoms with E-state index in [1.165, 1.54) is 11.3 Å². The first-order valence-electron chi connectivity index (χ1n) is 5.68. The van der Waals surface area contributed by atoms with Gasteiger partial charge in [0.05, 0.1) is 17.8 Å². The van der Waals surface area contributed by atoms with Gasteiger partial charge in [0.25, 0.3) is 0 Å². The molecule has 0 unspecified atom stereocenters. The molecule has 0 N–H and O–H groups in total. The van der Waals surface area contributed by atoms with Crippen LogP contribution in [0.2, 0.25) is 0 Å². The van der Waals surface area contributed by atoms with Gasteiger partial charge < -0.3 is 0 Å². The van der Waals surface area contributed by atoms with E-state index in [0.29, 0.717) is 5.88 Å². The van der Waals surface area contributed by atoms with Gasteiger partial charge in [0.15, 0.2) is 0 Å². The third-order valence-electron chi connectivity index (χ3n) is 3.04. The quantitative estimate of drug-likeness (QED) is 0.783. The van der Waals surface area contributed by atoms with Crippen molar-refractivity contribution in [3.63, 3.8) is 0 Å². The molecule has 0 saturated carbocycles. The molecule has 0 bridgehead atoms. The fourth-order valence-corrected chi connectivity index (χ4v) is 2.37. The van der Waals surface area contributed by atoms with E-state index in [1.54, 1.807) is 0 Å². The third-order valence-corrected chi connectivity index (χ3v) is 3.30. The van der Waals surface area contributed by atoms with Gasteiger partial charge in [-0.05, 0) is 25.8 Å². The van der Waals surface area contributed by atoms with E-state index < -0.39 is 0 Å². The average molecular weight is 253 g/mol. The maximum atomic E-state index is 5.90. The molecule has 4 nitrogen and oxygen atoms in total. The zero-order valence-electron chi connectivity index (χ0n) is 10.4. The predicted molar refractivity (Wildman–Crippen MR) is 68.2 cm³/mol. The minimum absolute atomic E-state index is 0.532. The van der Waals surface area contributed by atoms with Crippen molar-refractivity contribution >= 4 is 11.6 Å². The van der Waals surface area contributed by atoms with Crippen LogP contribution in [0.5, 0.6) is 0 Å². The maximum Gasteiger partial charge on any atom is 0.0640 e. The van der Waals surface area contributed by atoms with E-state index in [2.05, 4.69) is 17.1 Å². The number of nitrogens with zero attached hydrogens (tertiary/aromatic N) is 4. The number of hydrogen-bond acceptors (Lipinski definition) is 2. The number of aromatic nitrogens is 4. The van der Waals surface area contributed by atoms with Gasteiger partial charge in [0.1, 0.15) is 0 Å². The van der Waals surface area contributed by atoms with E-state index in [0.717, 1.165) is 24.2 Å². The van der Waals surface area contributed by atoms with Gasteiger partial charge in [-0.2, -0.15) is 10.2 Å². The summed E-state index contributed by atoms with van der Waals surface area (Å²) in [4.78, 5) is 0. The molecule has 2 rings (SSSR count). The lowest BCUT2D eigenvalue weighted by Crippen LogP contribution is -2.05. The van der Waals surface area contributed by atoms with Gasteiger partial charge >= 0.3 is 0 Å². The fraction of sp³-hybridized carbons (Fsp3) is 0.500. The second-order valence-corrected chi connectivity index (χ2v) is 4.55. The number of halogens is 1. The summed E-state index contributed by atoms with van der Waals surface area (Å²) in [6.07, 6.45) is 4.87. The molecule has 0 fully saturated rings. The summed E-state index contributed by atoms with van der Waals surface area (Å²) in [5.74, 6) is 0.532. The molecule has 17 heavy (non-hydrogen) atoms. The van der Waals surface area contributed by atoms with E-state index in [1.807, 2.05) is 35.7 Å². The van der Waals surface area contributed by atoms with Crippen LogP contribution in [0.25, 0.3) is 0 Å². The number of hydrogen-bond donors (Lipinski definition) is 0. The lowest BCUT2D eigenvalue weighted by Gasteiger charge is -2.03. The van der Waals surface area contributed by atoms with E-state index in [-0.39, 0.29) is 0 Å². The van der Waals surface area contributed by atoms with Crippen molar-refractivity contribution in [2.45, 2.75) is 32.7 Å². The van der Waals surface area contributed by atoms with Crippen LogP contribution in [0.3, 0.4) is 0 Å². The van der Waals surface area contributed by atoms with Crippen molar-refractivity contribution in [3.8, 4) is 0 Å². The molecule has 0 aliphatic carbocycles. The first-order valence-corrected chi connectivity index (χ1v) is 6.21. The topological polar surface area (TPSA) is 35.6 Å². The molecule has 0 atom stereocenters. The molecule has 0 aliphatic rings. The van der Waals surface area contributed by atoms with Crippen molar-refractivity contribution in [2.75, 3.05) is 0 Å². The van der Waals surface area contributed by atoms with Crippen LogP contribution in [0.15, 0.2) is 12.4 Å². The molecular weight excluding hydrogens is 236 g/mol. The number of rotatable bonds is 4. The van der Waals surface area contributed by atoms with Gasteiger partial charge in [-0.1, -0.05) is 0 Å². The second kappa shape index (κ2) is 4.92. The van der Waals surface area contributed by atoms with E-state index in [9.17, 15) is 0 Å². The van der Waals surface area contributed by atoms with Crippen LogP contribution < -0.4 is 0 Å². The van der Waals surface area contributed by atoms with Crippen molar-refractivity contribution in [3.05, 3.63) is 34.9 Å². The zero-order valence-corrected chi connectivity index (χ0v) is 11.2. The van der Waals surface area contributed by atoms with Crippen molar-refractivity contribution in [1.82, 2.24) is 19.6 Å². The van der Waals surface area contributed by atoms with Gasteiger partial charge in [0, 0.05) is 31.0 Å². The smallest absolute Gasteiger partial charge is 0.0640 e. The van der Waals surface area contributed by atoms with Gasteiger partial charge in [-0.15, -0.1) is 11.6 Å². The minimum Gasteiger partial charge on any atom is -0.276 e. The fourth-order valence-electron chi connectivity index (χ4n) is 1.98. The number of aryl methyl sites for hydroxylation is 4. The first kappa shape index (κ1) is 12.2. The maximum absolute atomic E-state index is 5.90. The lowest BCUT2D eigenvalue weighted by atomic mass is 10.2. The Morgan fingerprint density at radius 1 is 1.35 bits per heavy atom. The monoisotopic (exact) mass is 252 g/mol. The molecule has 0 amide bonds. The van der Waals surface area contributed by atoms with Gasteiger partial charge in [-0.3, -0.25) is 9.36 Å². The standard InChI is InChI=1S/C12H17ClN4/c1-9-12(6-13)10(2)17(15-9)5-4-11-7-14-16(3)8-11/h7-8H,4-6H2,1-3H3. The molecule has 92 valence electrons. The third kappa shape index (κ3) is 2.52. The van der Waals surface area contributed by atoms with Gasteiger partial charge in [-0.25, -0.2) is 0 Å². The van der Waals surface area contributed by atoms with Crippen LogP contribution in [0.4, 0.5) is 0 Å². The Balaban J connectivity index is 2.09.